The average molecular weight is 300 g/mol. The highest BCUT2D eigenvalue weighted by molar-refractivity contribution is 6.31. The number of rotatable bonds is 6. The van der Waals surface area contributed by atoms with Crippen molar-refractivity contribution in [2.75, 3.05) is 13.7 Å². The van der Waals surface area contributed by atoms with E-state index in [2.05, 4.69) is 5.32 Å². The lowest BCUT2D eigenvalue weighted by atomic mass is 10.2. The third kappa shape index (κ3) is 4.74. The van der Waals surface area contributed by atoms with Gasteiger partial charge in [-0.3, -0.25) is 4.79 Å². The highest BCUT2D eigenvalue weighted by atomic mass is 35.5. The van der Waals surface area contributed by atoms with E-state index in [-0.39, 0.29) is 24.1 Å². The molecule has 0 spiro atoms. The summed E-state index contributed by atoms with van der Waals surface area (Å²) in [5, 5.41) is 3.09. The molecule has 20 heavy (non-hydrogen) atoms. The van der Waals surface area contributed by atoms with Gasteiger partial charge < -0.3 is 14.8 Å². The first-order chi connectivity index (χ1) is 9.47. The Morgan fingerprint density at radius 1 is 1.40 bits per heavy atom. The Hall–Kier alpha value is -1.75. The molecule has 0 bridgehead atoms. The fraction of sp³-hybridized carbons (Fsp3) is 0.429. The third-order valence-corrected chi connectivity index (χ3v) is 2.97. The fourth-order valence-electron chi connectivity index (χ4n) is 1.47. The minimum Gasteiger partial charge on any atom is -0.496 e. The van der Waals surface area contributed by atoms with Crippen molar-refractivity contribution in [1.29, 1.82) is 0 Å². The van der Waals surface area contributed by atoms with Crippen molar-refractivity contribution < 1.29 is 19.1 Å². The molecule has 0 aromatic heterocycles. The molecular weight excluding hydrogens is 282 g/mol. The molecule has 0 unspecified atom stereocenters. The van der Waals surface area contributed by atoms with E-state index in [0.29, 0.717) is 10.8 Å². The number of methoxy groups -OCH3 is 1. The van der Waals surface area contributed by atoms with Crippen molar-refractivity contribution in [2.24, 2.45) is 0 Å². The smallest absolute Gasteiger partial charge is 0.342 e. The highest BCUT2D eigenvalue weighted by Gasteiger charge is 2.16. The number of ether oxygens (including phenoxy) is 2. The Morgan fingerprint density at radius 3 is 2.70 bits per heavy atom. The van der Waals surface area contributed by atoms with Crippen LogP contribution in [0.15, 0.2) is 18.2 Å². The molecule has 0 aliphatic carbocycles. The number of carbonyl (C=O) groups excluding carboxylic acids is 2. The molecule has 0 heterocycles. The van der Waals surface area contributed by atoms with Crippen LogP contribution in [0.2, 0.25) is 5.02 Å². The van der Waals surface area contributed by atoms with E-state index in [1.807, 2.05) is 13.8 Å². The van der Waals surface area contributed by atoms with Crippen LogP contribution in [-0.4, -0.2) is 31.6 Å². The first kappa shape index (κ1) is 16.3. The summed E-state index contributed by atoms with van der Waals surface area (Å²) >= 11 is 5.83. The molecule has 1 rings (SSSR count). The van der Waals surface area contributed by atoms with E-state index in [1.165, 1.54) is 13.2 Å². The van der Waals surface area contributed by atoms with Crippen LogP contribution in [-0.2, 0) is 9.53 Å². The molecule has 6 heteroatoms. The molecule has 1 amide bonds. The van der Waals surface area contributed by atoms with Crippen LogP contribution in [0, 0.1) is 0 Å². The van der Waals surface area contributed by atoms with Crippen LogP contribution >= 0.6 is 11.6 Å². The number of nitrogens with one attached hydrogen (secondary N) is 1. The van der Waals surface area contributed by atoms with E-state index in [9.17, 15) is 9.59 Å². The van der Waals surface area contributed by atoms with Gasteiger partial charge in [0.05, 0.1) is 7.11 Å². The largest absolute Gasteiger partial charge is 0.496 e. The van der Waals surface area contributed by atoms with Gasteiger partial charge in [-0.15, -0.1) is 0 Å². The predicted molar refractivity (Wildman–Crippen MR) is 76.2 cm³/mol. The van der Waals surface area contributed by atoms with Gasteiger partial charge in [0.2, 0.25) is 0 Å². The van der Waals surface area contributed by atoms with Crippen LogP contribution < -0.4 is 10.1 Å². The SMILES string of the molecule is CC[C@H](C)NC(=O)COC(=O)c1cc(Cl)ccc1OC. The average Bonchev–Trinajstić information content (AvgIpc) is 2.44. The maximum atomic E-state index is 11.9. The maximum absolute atomic E-state index is 11.9. The van der Waals surface area contributed by atoms with E-state index >= 15 is 0 Å². The summed E-state index contributed by atoms with van der Waals surface area (Å²) in [7, 11) is 1.44. The molecule has 1 aromatic carbocycles. The molecule has 0 saturated carbocycles. The summed E-state index contributed by atoms with van der Waals surface area (Å²) in [4.78, 5) is 23.4. The van der Waals surface area contributed by atoms with Gasteiger partial charge >= 0.3 is 5.97 Å². The molecule has 0 aliphatic rings. The summed E-state index contributed by atoms with van der Waals surface area (Å²) in [5.74, 6) is -0.640. The Balaban J connectivity index is 2.63. The van der Waals surface area contributed by atoms with Gasteiger partial charge in [-0.05, 0) is 31.5 Å². The molecule has 110 valence electrons. The van der Waals surface area contributed by atoms with Crippen molar-refractivity contribution in [1.82, 2.24) is 5.32 Å². The second kappa shape index (κ2) is 7.75. The Kier molecular flexibility index (Phi) is 6.31. The summed E-state index contributed by atoms with van der Waals surface area (Å²) < 4.78 is 9.99. The van der Waals surface area contributed by atoms with E-state index in [0.717, 1.165) is 6.42 Å². The quantitative estimate of drug-likeness (QED) is 0.819. The molecule has 0 aliphatic heterocycles. The van der Waals surface area contributed by atoms with Crippen molar-refractivity contribution >= 4 is 23.5 Å². The normalized spacial score (nSPS) is 11.6. The Morgan fingerprint density at radius 2 is 2.10 bits per heavy atom. The van der Waals surface area contributed by atoms with Gasteiger partial charge in [-0.1, -0.05) is 18.5 Å². The minimum atomic E-state index is -0.649. The van der Waals surface area contributed by atoms with Crippen LogP contribution in [0.25, 0.3) is 0 Å². The molecular formula is C14H18ClNO4. The lowest BCUT2D eigenvalue weighted by Crippen LogP contribution is -2.35. The van der Waals surface area contributed by atoms with Crippen molar-refractivity contribution in [2.45, 2.75) is 26.3 Å². The van der Waals surface area contributed by atoms with Gasteiger partial charge in [0.25, 0.3) is 5.91 Å². The molecule has 0 saturated heterocycles. The van der Waals surface area contributed by atoms with E-state index < -0.39 is 5.97 Å². The number of hydrogen-bond acceptors (Lipinski definition) is 4. The summed E-state index contributed by atoms with van der Waals surface area (Å²) in [5.41, 5.74) is 0.191. The molecule has 5 nitrogen and oxygen atoms in total. The lowest BCUT2D eigenvalue weighted by Gasteiger charge is -2.12. The van der Waals surface area contributed by atoms with Crippen LogP contribution in [0.1, 0.15) is 30.6 Å². The molecule has 1 N–H and O–H groups in total. The number of amides is 1. The Labute approximate surface area is 123 Å². The van der Waals surface area contributed by atoms with Gasteiger partial charge in [-0.25, -0.2) is 4.79 Å². The summed E-state index contributed by atoms with van der Waals surface area (Å²) in [6, 6.07) is 4.65. The highest BCUT2D eigenvalue weighted by Crippen LogP contribution is 2.23. The second-order valence-electron chi connectivity index (χ2n) is 4.30. The first-order valence-electron chi connectivity index (χ1n) is 6.28. The monoisotopic (exact) mass is 299 g/mol. The van der Waals surface area contributed by atoms with Crippen LogP contribution in [0.3, 0.4) is 0 Å². The zero-order chi connectivity index (χ0) is 15.1. The predicted octanol–water partition coefficient (Wildman–Crippen LogP) is 2.42. The number of benzene rings is 1. The van der Waals surface area contributed by atoms with Crippen molar-refractivity contribution in [3.8, 4) is 5.75 Å². The summed E-state index contributed by atoms with van der Waals surface area (Å²) in [6.45, 7) is 3.49. The van der Waals surface area contributed by atoms with Gasteiger partial charge in [-0.2, -0.15) is 0 Å². The first-order valence-corrected chi connectivity index (χ1v) is 6.65. The molecule has 1 atom stereocenters. The maximum Gasteiger partial charge on any atom is 0.342 e. The molecule has 0 fully saturated rings. The molecule has 0 radical (unpaired) electrons. The van der Waals surface area contributed by atoms with Crippen LogP contribution in [0.5, 0.6) is 5.75 Å². The molecule has 1 aromatic rings. The fourth-order valence-corrected chi connectivity index (χ4v) is 1.64. The van der Waals surface area contributed by atoms with Crippen LogP contribution in [0.4, 0.5) is 0 Å². The standard InChI is InChI=1S/C14H18ClNO4/c1-4-9(2)16-13(17)8-20-14(18)11-7-10(15)5-6-12(11)19-3/h5-7,9H,4,8H2,1-3H3,(H,16,17)/t9-/m0/s1. The zero-order valence-electron chi connectivity index (χ0n) is 11.7. The lowest BCUT2D eigenvalue weighted by molar-refractivity contribution is -0.124. The Bertz CT molecular complexity index is 490. The third-order valence-electron chi connectivity index (χ3n) is 2.74. The van der Waals surface area contributed by atoms with Gasteiger partial charge in [0.1, 0.15) is 11.3 Å². The second-order valence-corrected chi connectivity index (χ2v) is 4.73. The van der Waals surface area contributed by atoms with Gasteiger partial charge in [0.15, 0.2) is 6.61 Å². The number of hydrogen-bond donors (Lipinski definition) is 1. The summed E-state index contributed by atoms with van der Waals surface area (Å²) in [6.07, 6.45) is 0.807. The number of halogens is 1. The van der Waals surface area contributed by atoms with E-state index in [4.69, 9.17) is 21.1 Å². The van der Waals surface area contributed by atoms with Gasteiger partial charge in [0, 0.05) is 11.1 Å². The number of esters is 1. The number of carbonyl (C=O) groups is 2. The van der Waals surface area contributed by atoms with Crippen molar-refractivity contribution in [3.63, 3.8) is 0 Å². The van der Waals surface area contributed by atoms with Crippen molar-refractivity contribution in [3.05, 3.63) is 28.8 Å². The van der Waals surface area contributed by atoms with E-state index in [1.54, 1.807) is 12.1 Å². The minimum absolute atomic E-state index is 0.0434. The topological polar surface area (TPSA) is 64.6 Å². The zero-order valence-corrected chi connectivity index (χ0v) is 12.5.